The Hall–Kier alpha value is -1.31. The zero-order chi connectivity index (χ0) is 15.1. The molecule has 122 valence electrons. The third-order valence-electron chi connectivity index (χ3n) is 3.64. The van der Waals surface area contributed by atoms with Crippen LogP contribution in [0.15, 0.2) is 29.3 Å². The maximum Gasteiger partial charge on any atom is 0.246 e. The minimum Gasteiger partial charge on any atom is -0.356 e. The monoisotopic (exact) mass is 416 g/mol. The highest BCUT2D eigenvalue weighted by molar-refractivity contribution is 14.0. The van der Waals surface area contributed by atoms with E-state index in [1.165, 1.54) is 5.56 Å². The summed E-state index contributed by atoms with van der Waals surface area (Å²) in [5, 5.41) is 6.29. The number of carbonyl (C=O) groups excluding carboxylic acids is 1. The smallest absolute Gasteiger partial charge is 0.246 e. The number of benzene rings is 1. The molecule has 6 heteroatoms. The minimum atomic E-state index is 0. The van der Waals surface area contributed by atoms with E-state index in [0.29, 0.717) is 5.96 Å². The van der Waals surface area contributed by atoms with Gasteiger partial charge in [-0.1, -0.05) is 31.5 Å². The fourth-order valence-electron chi connectivity index (χ4n) is 2.46. The first-order valence-electron chi connectivity index (χ1n) is 7.59. The van der Waals surface area contributed by atoms with E-state index in [-0.39, 0.29) is 36.4 Å². The molecule has 0 spiro atoms. The molecule has 0 bridgehead atoms. The van der Waals surface area contributed by atoms with Crippen LogP contribution >= 0.6 is 24.0 Å². The second-order valence-electron chi connectivity index (χ2n) is 5.13. The number of hydrogen-bond acceptors (Lipinski definition) is 2. The largest absolute Gasteiger partial charge is 0.356 e. The highest BCUT2D eigenvalue weighted by Gasteiger charge is 2.23. The molecule has 1 aliphatic heterocycles. The molecule has 0 aromatic heterocycles. The standard InChI is InChI=1S/C16H24N4O.HI/c1-3-4-10-18-16(17-2)19-12-15(21)20-11-9-13-7-5-6-8-14(13)20;/h5-8H,3-4,9-12H2,1-2H3,(H2,17,18,19);1H. The molecule has 5 nitrogen and oxygen atoms in total. The maximum absolute atomic E-state index is 12.3. The van der Waals surface area contributed by atoms with Gasteiger partial charge in [0.15, 0.2) is 5.96 Å². The SMILES string of the molecule is CCCCNC(=NC)NCC(=O)N1CCc2ccccc21.I. The summed E-state index contributed by atoms with van der Waals surface area (Å²) in [4.78, 5) is 18.3. The van der Waals surface area contributed by atoms with Crippen molar-refractivity contribution in [2.75, 3.05) is 31.6 Å². The van der Waals surface area contributed by atoms with Crippen molar-refractivity contribution in [3.63, 3.8) is 0 Å². The fraction of sp³-hybridized carbons (Fsp3) is 0.500. The number of para-hydroxylation sites is 1. The van der Waals surface area contributed by atoms with Gasteiger partial charge in [-0.3, -0.25) is 9.79 Å². The normalized spacial score (nSPS) is 13.4. The number of guanidine groups is 1. The molecule has 2 rings (SSSR count). The number of hydrogen-bond donors (Lipinski definition) is 2. The van der Waals surface area contributed by atoms with Crippen molar-refractivity contribution < 1.29 is 4.79 Å². The van der Waals surface area contributed by atoms with Crippen molar-refractivity contribution in [1.82, 2.24) is 10.6 Å². The van der Waals surface area contributed by atoms with Gasteiger partial charge in [-0.15, -0.1) is 24.0 Å². The molecule has 0 saturated carbocycles. The molecule has 0 unspecified atom stereocenters. The lowest BCUT2D eigenvalue weighted by atomic mass is 10.2. The molecule has 0 saturated heterocycles. The summed E-state index contributed by atoms with van der Waals surface area (Å²) in [5.41, 5.74) is 2.29. The quantitative estimate of drug-likeness (QED) is 0.335. The van der Waals surface area contributed by atoms with E-state index in [2.05, 4.69) is 28.6 Å². The van der Waals surface area contributed by atoms with E-state index >= 15 is 0 Å². The third-order valence-corrected chi connectivity index (χ3v) is 3.64. The zero-order valence-electron chi connectivity index (χ0n) is 13.3. The van der Waals surface area contributed by atoms with Crippen molar-refractivity contribution in [2.45, 2.75) is 26.2 Å². The summed E-state index contributed by atoms with van der Waals surface area (Å²) in [5.74, 6) is 0.766. The van der Waals surface area contributed by atoms with Gasteiger partial charge in [0.2, 0.25) is 5.91 Å². The lowest BCUT2D eigenvalue weighted by Crippen LogP contribution is -2.44. The number of fused-ring (bicyclic) bond motifs is 1. The van der Waals surface area contributed by atoms with Crippen LogP contribution in [0.2, 0.25) is 0 Å². The van der Waals surface area contributed by atoms with E-state index in [9.17, 15) is 4.79 Å². The lowest BCUT2D eigenvalue weighted by molar-refractivity contribution is -0.117. The van der Waals surface area contributed by atoms with E-state index < -0.39 is 0 Å². The number of unbranched alkanes of at least 4 members (excludes halogenated alkanes) is 1. The van der Waals surface area contributed by atoms with Crippen LogP contribution < -0.4 is 15.5 Å². The summed E-state index contributed by atoms with van der Waals surface area (Å²) in [7, 11) is 1.72. The van der Waals surface area contributed by atoms with Crippen LogP contribution in [0.1, 0.15) is 25.3 Å². The van der Waals surface area contributed by atoms with E-state index in [1.807, 2.05) is 23.1 Å². The fourth-order valence-corrected chi connectivity index (χ4v) is 2.46. The number of nitrogens with zero attached hydrogens (tertiary/aromatic N) is 2. The van der Waals surface area contributed by atoms with Crippen LogP contribution in [0.3, 0.4) is 0 Å². The van der Waals surface area contributed by atoms with E-state index in [4.69, 9.17) is 0 Å². The molecule has 2 N–H and O–H groups in total. The number of rotatable bonds is 5. The summed E-state index contributed by atoms with van der Waals surface area (Å²) in [6.45, 7) is 4.05. The molecule has 0 radical (unpaired) electrons. The first kappa shape index (κ1) is 18.7. The van der Waals surface area contributed by atoms with Gasteiger partial charge >= 0.3 is 0 Å². The van der Waals surface area contributed by atoms with Gasteiger partial charge in [-0.2, -0.15) is 0 Å². The van der Waals surface area contributed by atoms with Gasteiger partial charge in [0, 0.05) is 25.8 Å². The Morgan fingerprint density at radius 2 is 2.09 bits per heavy atom. The summed E-state index contributed by atoms with van der Waals surface area (Å²) >= 11 is 0. The van der Waals surface area contributed by atoms with Gasteiger partial charge in [0.25, 0.3) is 0 Å². The topological polar surface area (TPSA) is 56.7 Å². The first-order chi connectivity index (χ1) is 10.3. The number of carbonyl (C=O) groups is 1. The van der Waals surface area contributed by atoms with Gasteiger partial charge in [-0.05, 0) is 24.5 Å². The highest BCUT2D eigenvalue weighted by atomic mass is 127. The summed E-state index contributed by atoms with van der Waals surface area (Å²) < 4.78 is 0. The molecule has 1 aromatic carbocycles. The molecule has 22 heavy (non-hydrogen) atoms. The second-order valence-corrected chi connectivity index (χ2v) is 5.13. The Labute approximate surface area is 149 Å². The Morgan fingerprint density at radius 1 is 1.32 bits per heavy atom. The van der Waals surface area contributed by atoms with Gasteiger partial charge in [0.1, 0.15) is 0 Å². The van der Waals surface area contributed by atoms with Crippen molar-refractivity contribution in [1.29, 1.82) is 0 Å². The molecule has 0 atom stereocenters. The van der Waals surface area contributed by atoms with Crippen LogP contribution in [0, 0.1) is 0 Å². The zero-order valence-corrected chi connectivity index (χ0v) is 15.6. The Morgan fingerprint density at radius 3 is 2.82 bits per heavy atom. The highest BCUT2D eigenvalue weighted by Crippen LogP contribution is 2.27. The number of halogens is 1. The van der Waals surface area contributed by atoms with Crippen LogP contribution in [0.5, 0.6) is 0 Å². The Balaban J connectivity index is 0.00000242. The van der Waals surface area contributed by atoms with Gasteiger partial charge in [-0.25, -0.2) is 0 Å². The average Bonchev–Trinajstić information content (AvgIpc) is 2.94. The predicted octanol–water partition coefficient (Wildman–Crippen LogP) is 2.16. The molecular weight excluding hydrogens is 391 g/mol. The lowest BCUT2D eigenvalue weighted by Gasteiger charge is -2.18. The Bertz CT molecular complexity index is 519. The predicted molar refractivity (Wildman–Crippen MR) is 102 cm³/mol. The molecule has 1 aliphatic rings. The van der Waals surface area contributed by atoms with Gasteiger partial charge in [0.05, 0.1) is 6.54 Å². The number of anilines is 1. The third kappa shape index (κ3) is 4.86. The van der Waals surface area contributed by atoms with Crippen LogP contribution in [0.4, 0.5) is 5.69 Å². The van der Waals surface area contributed by atoms with Crippen molar-refractivity contribution in [3.05, 3.63) is 29.8 Å². The Kier molecular flexibility index (Phi) is 8.22. The molecule has 1 aromatic rings. The average molecular weight is 416 g/mol. The number of nitrogens with one attached hydrogen (secondary N) is 2. The van der Waals surface area contributed by atoms with Crippen molar-refractivity contribution >= 4 is 41.5 Å². The molecule has 0 aliphatic carbocycles. The van der Waals surface area contributed by atoms with Crippen molar-refractivity contribution in [3.8, 4) is 0 Å². The van der Waals surface area contributed by atoms with E-state index in [1.54, 1.807) is 7.05 Å². The molecule has 0 fully saturated rings. The second kappa shape index (κ2) is 9.66. The molecular formula is C16H25IN4O. The van der Waals surface area contributed by atoms with Crippen LogP contribution in [-0.2, 0) is 11.2 Å². The first-order valence-corrected chi connectivity index (χ1v) is 7.59. The molecule has 1 heterocycles. The van der Waals surface area contributed by atoms with Crippen LogP contribution in [-0.4, -0.2) is 38.5 Å². The van der Waals surface area contributed by atoms with Gasteiger partial charge < -0.3 is 15.5 Å². The maximum atomic E-state index is 12.3. The molecule has 1 amide bonds. The minimum absolute atomic E-state index is 0. The van der Waals surface area contributed by atoms with E-state index in [0.717, 1.165) is 38.0 Å². The van der Waals surface area contributed by atoms with Crippen molar-refractivity contribution in [2.24, 2.45) is 4.99 Å². The summed E-state index contributed by atoms with van der Waals surface area (Å²) in [6.07, 6.45) is 3.16. The number of amides is 1. The summed E-state index contributed by atoms with van der Waals surface area (Å²) in [6, 6.07) is 8.09. The number of aliphatic imine (C=N–C) groups is 1. The van der Waals surface area contributed by atoms with Crippen LogP contribution in [0.25, 0.3) is 0 Å².